The maximum atomic E-state index is 5.99. The topological polar surface area (TPSA) is 56.3 Å². The van der Waals surface area contributed by atoms with Gasteiger partial charge in [-0.05, 0) is 32.6 Å². The molecular weight excluding hydrogens is 266 g/mol. The molecule has 3 rings (SSSR count). The van der Waals surface area contributed by atoms with Crippen molar-refractivity contribution in [2.24, 2.45) is 5.92 Å². The lowest BCUT2D eigenvalue weighted by Gasteiger charge is -2.15. The highest BCUT2D eigenvalue weighted by Crippen LogP contribution is 2.40. The lowest BCUT2D eigenvalue weighted by molar-refractivity contribution is 0.165. The second-order valence-electron chi connectivity index (χ2n) is 6.10. The van der Waals surface area contributed by atoms with E-state index in [0.29, 0.717) is 18.4 Å². The summed E-state index contributed by atoms with van der Waals surface area (Å²) in [4.78, 5) is 9.34. The molecule has 116 valence electrons. The van der Waals surface area contributed by atoms with Crippen molar-refractivity contribution < 1.29 is 9.47 Å². The number of nitrogens with zero attached hydrogens (tertiary/aromatic N) is 2. The number of nitrogens with one attached hydrogen (secondary N) is 1. The summed E-state index contributed by atoms with van der Waals surface area (Å²) in [5.41, 5.74) is 1.02. The molecule has 0 aromatic carbocycles. The number of anilines is 1. The fourth-order valence-electron chi connectivity index (χ4n) is 2.50. The standard InChI is InChI=1S/C16H25N3O2/c1-3-7-17-14-11(2)16(19-15(18-14)13-4-5-13)21-10-12-6-8-20-9-12/h12-13H,3-10H2,1-2H3,(H,17,18,19). The minimum atomic E-state index is 0.496. The van der Waals surface area contributed by atoms with Crippen LogP contribution in [0.1, 0.15) is 49.9 Å². The van der Waals surface area contributed by atoms with Crippen molar-refractivity contribution in [2.75, 3.05) is 31.7 Å². The Morgan fingerprint density at radius 1 is 1.29 bits per heavy atom. The van der Waals surface area contributed by atoms with Crippen LogP contribution in [-0.2, 0) is 4.74 Å². The fourth-order valence-corrected chi connectivity index (χ4v) is 2.50. The van der Waals surface area contributed by atoms with Gasteiger partial charge in [0.25, 0.3) is 0 Å². The summed E-state index contributed by atoms with van der Waals surface area (Å²) in [5.74, 6) is 3.65. The number of hydrogen-bond acceptors (Lipinski definition) is 5. The molecule has 1 unspecified atom stereocenters. The molecule has 1 aromatic heterocycles. The number of hydrogen-bond donors (Lipinski definition) is 1. The van der Waals surface area contributed by atoms with Gasteiger partial charge in [-0.1, -0.05) is 6.92 Å². The molecule has 2 fully saturated rings. The van der Waals surface area contributed by atoms with Crippen LogP contribution in [0.4, 0.5) is 5.82 Å². The summed E-state index contributed by atoms with van der Waals surface area (Å²) in [6, 6.07) is 0. The van der Waals surface area contributed by atoms with Crippen molar-refractivity contribution in [3.8, 4) is 5.88 Å². The molecule has 5 heteroatoms. The Labute approximate surface area is 126 Å². The Morgan fingerprint density at radius 2 is 2.14 bits per heavy atom. The maximum absolute atomic E-state index is 5.99. The van der Waals surface area contributed by atoms with Gasteiger partial charge < -0.3 is 14.8 Å². The predicted octanol–water partition coefficient (Wildman–Crippen LogP) is 2.90. The predicted molar refractivity (Wildman–Crippen MR) is 81.9 cm³/mol. The summed E-state index contributed by atoms with van der Waals surface area (Å²) in [7, 11) is 0. The van der Waals surface area contributed by atoms with Crippen molar-refractivity contribution in [3.05, 3.63) is 11.4 Å². The van der Waals surface area contributed by atoms with Crippen LogP contribution in [0.25, 0.3) is 0 Å². The largest absolute Gasteiger partial charge is 0.477 e. The first-order valence-electron chi connectivity index (χ1n) is 8.11. The van der Waals surface area contributed by atoms with Crippen molar-refractivity contribution >= 4 is 5.82 Å². The summed E-state index contributed by atoms with van der Waals surface area (Å²) in [6.07, 6.45) is 4.57. The normalized spacial score (nSPS) is 21.5. The van der Waals surface area contributed by atoms with Crippen LogP contribution >= 0.6 is 0 Å². The molecule has 2 heterocycles. The van der Waals surface area contributed by atoms with Gasteiger partial charge in [-0.3, -0.25) is 0 Å². The van der Waals surface area contributed by atoms with Crippen LogP contribution in [0.5, 0.6) is 5.88 Å². The number of ether oxygens (including phenoxy) is 2. The molecule has 1 saturated carbocycles. The fraction of sp³-hybridized carbons (Fsp3) is 0.750. The molecule has 1 atom stereocenters. The molecule has 1 saturated heterocycles. The van der Waals surface area contributed by atoms with Gasteiger partial charge in [0, 0.05) is 25.0 Å². The first-order chi connectivity index (χ1) is 10.3. The van der Waals surface area contributed by atoms with Crippen molar-refractivity contribution in [1.29, 1.82) is 0 Å². The van der Waals surface area contributed by atoms with E-state index in [0.717, 1.165) is 55.7 Å². The quantitative estimate of drug-likeness (QED) is 0.837. The molecule has 1 aliphatic heterocycles. The average Bonchev–Trinajstić information content (AvgIpc) is 3.21. The van der Waals surface area contributed by atoms with Crippen LogP contribution in [0.15, 0.2) is 0 Å². The van der Waals surface area contributed by atoms with E-state index in [1.807, 2.05) is 6.92 Å². The van der Waals surface area contributed by atoms with E-state index in [2.05, 4.69) is 22.2 Å². The second kappa shape index (κ2) is 6.60. The van der Waals surface area contributed by atoms with E-state index in [-0.39, 0.29) is 0 Å². The minimum Gasteiger partial charge on any atom is -0.477 e. The molecular formula is C16H25N3O2. The Bertz CT molecular complexity index is 483. The lowest BCUT2D eigenvalue weighted by atomic mass is 10.1. The summed E-state index contributed by atoms with van der Waals surface area (Å²) in [5, 5.41) is 3.40. The van der Waals surface area contributed by atoms with E-state index in [9.17, 15) is 0 Å². The van der Waals surface area contributed by atoms with Gasteiger partial charge in [-0.25, -0.2) is 4.98 Å². The highest BCUT2D eigenvalue weighted by molar-refractivity contribution is 5.49. The van der Waals surface area contributed by atoms with Gasteiger partial charge in [0.1, 0.15) is 11.6 Å². The highest BCUT2D eigenvalue weighted by atomic mass is 16.5. The third-order valence-corrected chi connectivity index (χ3v) is 4.08. The second-order valence-corrected chi connectivity index (χ2v) is 6.10. The summed E-state index contributed by atoms with van der Waals surface area (Å²) >= 11 is 0. The zero-order chi connectivity index (χ0) is 14.7. The molecule has 0 amide bonds. The van der Waals surface area contributed by atoms with Gasteiger partial charge in [-0.2, -0.15) is 4.98 Å². The lowest BCUT2D eigenvalue weighted by Crippen LogP contribution is -2.15. The first-order valence-corrected chi connectivity index (χ1v) is 8.11. The maximum Gasteiger partial charge on any atom is 0.221 e. The molecule has 5 nitrogen and oxygen atoms in total. The zero-order valence-corrected chi connectivity index (χ0v) is 13.0. The first kappa shape index (κ1) is 14.6. The Morgan fingerprint density at radius 3 is 2.81 bits per heavy atom. The van der Waals surface area contributed by atoms with E-state index in [1.54, 1.807) is 0 Å². The van der Waals surface area contributed by atoms with Crippen molar-refractivity contribution in [3.63, 3.8) is 0 Å². The molecule has 0 bridgehead atoms. The van der Waals surface area contributed by atoms with Gasteiger partial charge in [-0.15, -0.1) is 0 Å². The van der Waals surface area contributed by atoms with Crippen LogP contribution in [0.2, 0.25) is 0 Å². The van der Waals surface area contributed by atoms with E-state index < -0.39 is 0 Å². The van der Waals surface area contributed by atoms with E-state index in [4.69, 9.17) is 9.47 Å². The summed E-state index contributed by atoms with van der Waals surface area (Å²) in [6.45, 7) is 7.47. The van der Waals surface area contributed by atoms with Crippen LogP contribution < -0.4 is 10.1 Å². The smallest absolute Gasteiger partial charge is 0.221 e. The Hall–Kier alpha value is -1.36. The van der Waals surface area contributed by atoms with Crippen LogP contribution in [-0.4, -0.2) is 36.3 Å². The van der Waals surface area contributed by atoms with Gasteiger partial charge in [0.15, 0.2) is 0 Å². The Balaban J connectivity index is 1.74. The number of aromatic nitrogens is 2. The zero-order valence-electron chi connectivity index (χ0n) is 13.0. The van der Waals surface area contributed by atoms with Gasteiger partial charge in [0.2, 0.25) is 5.88 Å². The molecule has 1 aliphatic carbocycles. The third-order valence-electron chi connectivity index (χ3n) is 4.08. The van der Waals surface area contributed by atoms with Crippen LogP contribution in [0.3, 0.4) is 0 Å². The molecule has 1 aromatic rings. The molecule has 21 heavy (non-hydrogen) atoms. The van der Waals surface area contributed by atoms with Gasteiger partial charge in [0.05, 0.1) is 18.8 Å². The number of rotatable bonds is 7. The monoisotopic (exact) mass is 291 g/mol. The SMILES string of the molecule is CCCNc1nc(C2CC2)nc(OCC2CCOC2)c1C. The minimum absolute atomic E-state index is 0.496. The van der Waals surface area contributed by atoms with Gasteiger partial charge >= 0.3 is 0 Å². The Kier molecular flexibility index (Phi) is 4.58. The van der Waals surface area contributed by atoms with Crippen molar-refractivity contribution in [1.82, 2.24) is 9.97 Å². The summed E-state index contributed by atoms with van der Waals surface area (Å²) < 4.78 is 11.4. The third kappa shape index (κ3) is 3.64. The molecule has 2 aliphatic rings. The average molecular weight is 291 g/mol. The van der Waals surface area contributed by atoms with E-state index in [1.165, 1.54) is 12.8 Å². The van der Waals surface area contributed by atoms with Crippen LogP contribution in [0, 0.1) is 12.8 Å². The highest BCUT2D eigenvalue weighted by Gasteiger charge is 2.28. The molecule has 0 spiro atoms. The van der Waals surface area contributed by atoms with E-state index >= 15 is 0 Å². The van der Waals surface area contributed by atoms with Crippen molar-refractivity contribution in [2.45, 2.75) is 45.4 Å². The molecule has 0 radical (unpaired) electrons. The molecule has 1 N–H and O–H groups in total.